The second-order valence-electron chi connectivity index (χ2n) is 4.00. The van der Waals surface area contributed by atoms with Gasteiger partial charge in [-0.2, -0.15) is 0 Å². The fraction of sp³-hybridized carbons (Fsp3) is 0.0714. The van der Waals surface area contributed by atoms with Crippen LogP contribution in [0.15, 0.2) is 41.3 Å². The fourth-order valence-corrected chi connectivity index (χ4v) is 2.72. The molecule has 0 heterocycles. The first kappa shape index (κ1) is 14.7. The third kappa shape index (κ3) is 3.08. The molecular formula is C14H12F2N2S2. The van der Waals surface area contributed by atoms with Crippen molar-refractivity contribution in [3.8, 4) is 0 Å². The van der Waals surface area contributed by atoms with Crippen molar-refractivity contribution >= 4 is 40.3 Å². The molecule has 0 aliphatic carbocycles. The number of anilines is 2. The van der Waals surface area contributed by atoms with Crippen LogP contribution in [-0.4, -0.2) is 11.2 Å². The van der Waals surface area contributed by atoms with E-state index in [1.807, 2.05) is 18.4 Å². The topological polar surface area (TPSA) is 38.0 Å². The Labute approximate surface area is 125 Å². The molecule has 2 aromatic carbocycles. The van der Waals surface area contributed by atoms with Crippen molar-refractivity contribution in [1.82, 2.24) is 0 Å². The van der Waals surface area contributed by atoms with Gasteiger partial charge in [-0.15, -0.1) is 11.8 Å². The number of nitrogens with two attached hydrogens (primary N) is 1. The number of hydrogen-bond donors (Lipinski definition) is 2. The summed E-state index contributed by atoms with van der Waals surface area (Å²) in [4.78, 5) is 1.12. The van der Waals surface area contributed by atoms with Gasteiger partial charge in [-0.1, -0.05) is 18.3 Å². The molecule has 0 unspecified atom stereocenters. The number of rotatable bonds is 4. The summed E-state index contributed by atoms with van der Waals surface area (Å²) in [6.45, 7) is 0. The molecule has 2 aromatic rings. The van der Waals surface area contributed by atoms with Gasteiger partial charge in [-0.25, -0.2) is 8.78 Å². The summed E-state index contributed by atoms with van der Waals surface area (Å²) in [6, 6.07) is 8.78. The Balaban J connectivity index is 2.45. The first-order valence-corrected chi connectivity index (χ1v) is 7.35. The van der Waals surface area contributed by atoms with Crippen LogP contribution >= 0.6 is 24.0 Å². The van der Waals surface area contributed by atoms with E-state index in [0.717, 1.165) is 11.0 Å². The normalized spacial score (nSPS) is 10.3. The monoisotopic (exact) mass is 310 g/mol. The Hall–Kier alpha value is -1.66. The first-order chi connectivity index (χ1) is 9.52. The van der Waals surface area contributed by atoms with Crippen LogP contribution in [0.1, 0.15) is 5.56 Å². The van der Waals surface area contributed by atoms with Gasteiger partial charge in [0.1, 0.15) is 16.6 Å². The van der Waals surface area contributed by atoms with E-state index in [2.05, 4.69) is 5.32 Å². The smallest absolute Gasteiger partial charge is 0.149 e. The predicted octanol–water partition coefficient (Wildman–Crippen LogP) is 4.06. The van der Waals surface area contributed by atoms with Crippen LogP contribution in [0.5, 0.6) is 0 Å². The molecule has 3 N–H and O–H groups in total. The SMILES string of the molecule is CSc1cccc(Nc2ccc(F)cc2F)c1C(N)=S. The van der Waals surface area contributed by atoms with Gasteiger partial charge in [0, 0.05) is 22.2 Å². The standard InChI is InChI=1S/C14H12F2N2S2/c1-20-12-4-2-3-11(13(12)14(17)19)18-10-6-5-8(15)7-9(10)16/h2-7,18H,1H3,(H2,17,19). The summed E-state index contributed by atoms with van der Waals surface area (Å²) in [6.07, 6.45) is 1.90. The maximum atomic E-state index is 13.7. The summed E-state index contributed by atoms with van der Waals surface area (Å²) in [5.41, 5.74) is 7.14. The molecule has 0 aliphatic heterocycles. The van der Waals surface area contributed by atoms with Gasteiger partial charge in [-0.3, -0.25) is 0 Å². The molecule has 0 bridgehead atoms. The molecule has 0 atom stereocenters. The number of thiocarbonyl (C=S) groups is 1. The van der Waals surface area contributed by atoms with E-state index >= 15 is 0 Å². The summed E-state index contributed by atoms with van der Waals surface area (Å²) in [5.74, 6) is -1.30. The lowest BCUT2D eigenvalue weighted by atomic mass is 10.1. The molecule has 0 saturated carbocycles. The molecule has 20 heavy (non-hydrogen) atoms. The molecule has 0 spiro atoms. The second kappa shape index (κ2) is 6.19. The van der Waals surface area contributed by atoms with Crippen LogP contribution in [-0.2, 0) is 0 Å². The van der Waals surface area contributed by atoms with Crippen molar-refractivity contribution in [3.05, 3.63) is 53.6 Å². The van der Waals surface area contributed by atoms with Crippen LogP contribution in [0.3, 0.4) is 0 Å². The van der Waals surface area contributed by atoms with Crippen LogP contribution in [0.2, 0.25) is 0 Å². The number of halogens is 2. The molecule has 0 saturated heterocycles. The summed E-state index contributed by atoms with van der Waals surface area (Å²) >= 11 is 6.54. The molecule has 2 rings (SSSR count). The van der Waals surface area contributed by atoms with Crippen LogP contribution in [0.25, 0.3) is 0 Å². The molecular weight excluding hydrogens is 298 g/mol. The van der Waals surface area contributed by atoms with Gasteiger partial charge >= 0.3 is 0 Å². The highest BCUT2D eigenvalue weighted by atomic mass is 32.2. The Bertz CT molecular complexity index is 660. The molecule has 0 amide bonds. The van der Waals surface area contributed by atoms with E-state index in [1.54, 1.807) is 6.07 Å². The van der Waals surface area contributed by atoms with Gasteiger partial charge in [0.05, 0.1) is 5.69 Å². The minimum Gasteiger partial charge on any atom is -0.389 e. The van der Waals surface area contributed by atoms with Crippen molar-refractivity contribution in [2.45, 2.75) is 4.90 Å². The van der Waals surface area contributed by atoms with E-state index in [0.29, 0.717) is 11.3 Å². The fourth-order valence-electron chi connectivity index (χ4n) is 1.80. The minimum atomic E-state index is -0.673. The molecule has 0 fully saturated rings. The molecule has 6 heteroatoms. The van der Waals surface area contributed by atoms with Crippen LogP contribution < -0.4 is 11.1 Å². The Morgan fingerprint density at radius 1 is 1.20 bits per heavy atom. The zero-order valence-electron chi connectivity index (χ0n) is 10.6. The highest BCUT2D eigenvalue weighted by Crippen LogP contribution is 2.30. The average Bonchev–Trinajstić information content (AvgIpc) is 2.41. The first-order valence-electron chi connectivity index (χ1n) is 5.72. The average molecular weight is 310 g/mol. The van der Waals surface area contributed by atoms with Crippen molar-refractivity contribution in [1.29, 1.82) is 0 Å². The third-order valence-electron chi connectivity index (χ3n) is 2.69. The highest BCUT2D eigenvalue weighted by molar-refractivity contribution is 7.98. The van der Waals surface area contributed by atoms with Gasteiger partial charge in [0.15, 0.2) is 0 Å². The van der Waals surface area contributed by atoms with Crippen LogP contribution in [0.4, 0.5) is 20.2 Å². The van der Waals surface area contributed by atoms with Gasteiger partial charge in [0.2, 0.25) is 0 Å². The number of benzene rings is 2. The highest BCUT2D eigenvalue weighted by Gasteiger charge is 2.12. The lowest BCUT2D eigenvalue weighted by molar-refractivity contribution is 0.586. The zero-order chi connectivity index (χ0) is 14.7. The van der Waals surface area contributed by atoms with Gasteiger partial charge < -0.3 is 11.1 Å². The predicted molar refractivity (Wildman–Crippen MR) is 83.8 cm³/mol. The molecule has 104 valence electrons. The maximum absolute atomic E-state index is 13.7. The van der Waals surface area contributed by atoms with E-state index in [1.165, 1.54) is 23.9 Å². The number of hydrogen-bond acceptors (Lipinski definition) is 3. The van der Waals surface area contributed by atoms with E-state index in [9.17, 15) is 8.78 Å². The lowest BCUT2D eigenvalue weighted by Crippen LogP contribution is -2.13. The minimum absolute atomic E-state index is 0.169. The van der Waals surface area contributed by atoms with Crippen molar-refractivity contribution < 1.29 is 8.78 Å². The van der Waals surface area contributed by atoms with E-state index < -0.39 is 11.6 Å². The van der Waals surface area contributed by atoms with E-state index in [4.69, 9.17) is 18.0 Å². The quantitative estimate of drug-likeness (QED) is 0.659. The second-order valence-corrected chi connectivity index (χ2v) is 5.28. The van der Waals surface area contributed by atoms with E-state index in [-0.39, 0.29) is 10.7 Å². The van der Waals surface area contributed by atoms with Gasteiger partial charge in [0.25, 0.3) is 0 Å². The maximum Gasteiger partial charge on any atom is 0.149 e. The lowest BCUT2D eigenvalue weighted by Gasteiger charge is -2.14. The number of nitrogens with one attached hydrogen (secondary N) is 1. The summed E-state index contributed by atoms with van der Waals surface area (Å²) in [5, 5.41) is 2.90. The molecule has 0 aromatic heterocycles. The van der Waals surface area contributed by atoms with Crippen LogP contribution in [0, 0.1) is 11.6 Å². The Kier molecular flexibility index (Phi) is 4.57. The molecule has 2 nitrogen and oxygen atoms in total. The third-order valence-corrected chi connectivity index (χ3v) is 3.68. The molecule has 0 radical (unpaired) electrons. The summed E-state index contributed by atoms with van der Waals surface area (Å²) in [7, 11) is 0. The van der Waals surface area contributed by atoms with Gasteiger partial charge in [-0.05, 0) is 30.5 Å². The number of thioether (sulfide) groups is 1. The van der Waals surface area contributed by atoms with Crippen molar-refractivity contribution in [2.24, 2.45) is 5.73 Å². The largest absolute Gasteiger partial charge is 0.389 e. The van der Waals surface area contributed by atoms with Crippen molar-refractivity contribution in [3.63, 3.8) is 0 Å². The Morgan fingerprint density at radius 3 is 2.55 bits per heavy atom. The van der Waals surface area contributed by atoms with Crippen molar-refractivity contribution in [2.75, 3.05) is 11.6 Å². The molecule has 0 aliphatic rings. The Morgan fingerprint density at radius 2 is 1.95 bits per heavy atom. The summed E-state index contributed by atoms with van der Waals surface area (Å²) < 4.78 is 26.6. The zero-order valence-corrected chi connectivity index (χ0v) is 12.2.